The molecule has 0 amide bonds. The second-order valence-corrected chi connectivity index (χ2v) is 1.49. The van der Waals surface area contributed by atoms with E-state index in [2.05, 4.69) is 20.0 Å². The third-order valence-corrected chi connectivity index (χ3v) is 0.827. The van der Waals surface area contributed by atoms with Crippen molar-refractivity contribution in [2.24, 2.45) is 0 Å². The first-order valence-corrected chi connectivity index (χ1v) is 2.52. The summed E-state index contributed by atoms with van der Waals surface area (Å²) < 4.78 is 4.59. The second kappa shape index (κ2) is 2.85. The van der Waals surface area contributed by atoms with Gasteiger partial charge in [0.1, 0.15) is 6.07 Å². The summed E-state index contributed by atoms with van der Waals surface area (Å²) in [6.45, 7) is 0. The largest absolute Gasteiger partial charge is 0.335 e. The van der Waals surface area contributed by atoms with Gasteiger partial charge in [-0.25, -0.2) is 5.48 Å². The number of hydrogen-bond donors (Lipinski definition) is 1. The van der Waals surface area contributed by atoms with Gasteiger partial charge in [-0.2, -0.15) is 5.26 Å². The molecule has 0 aliphatic heterocycles. The summed E-state index contributed by atoms with van der Waals surface area (Å²) in [5.74, 6) is 0.319. The molecule has 1 aromatic rings. The minimum atomic E-state index is 0.222. The molecule has 0 unspecified atom stereocenters. The molecule has 1 N–H and O–H groups in total. The molecule has 0 saturated carbocycles. The molecule has 0 saturated heterocycles. The topological polar surface area (TPSA) is 71.1 Å². The predicted octanol–water partition coefficient (Wildman–Crippen LogP) is 0.520. The van der Waals surface area contributed by atoms with Crippen LogP contribution in [-0.2, 0) is 4.84 Å². The normalized spacial score (nSPS) is 8.80. The Balaban J connectivity index is 2.71. The molecular formula is C5H5N3O2. The Morgan fingerprint density at radius 1 is 1.90 bits per heavy atom. The lowest BCUT2D eigenvalue weighted by Gasteiger charge is -1.91. The van der Waals surface area contributed by atoms with Crippen LogP contribution in [0.4, 0.5) is 5.88 Å². The van der Waals surface area contributed by atoms with Gasteiger partial charge in [0.05, 0.1) is 7.11 Å². The Morgan fingerprint density at radius 3 is 3.20 bits per heavy atom. The van der Waals surface area contributed by atoms with E-state index in [1.807, 2.05) is 0 Å². The van der Waals surface area contributed by atoms with E-state index in [9.17, 15) is 0 Å². The van der Waals surface area contributed by atoms with E-state index < -0.39 is 0 Å². The van der Waals surface area contributed by atoms with Crippen LogP contribution < -0.4 is 5.48 Å². The summed E-state index contributed by atoms with van der Waals surface area (Å²) in [5, 5.41) is 11.7. The molecular weight excluding hydrogens is 134 g/mol. The van der Waals surface area contributed by atoms with Crippen LogP contribution in [0.3, 0.4) is 0 Å². The van der Waals surface area contributed by atoms with Gasteiger partial charge >= 0.3 is 0 Å². The molecule has 1 rings (SSSR count). The van der Waals surface area contributed by atoms with E-state index in [0.717, 1.165) is 0 Å². The van der Waals surface area contributed by atoms with Gasteiger partial charge in [0, 0.05) is 6.07 Å². The van der Waals surface area contributed by atoms with Crippen LogP contribution in [0.15, 0.2) is 10.6 Å². The fourth-order valence-corrected chi connectivity index (χ4v) is 0.477. The van der Waals surface area contributed by atoms with Gasteiger partial charge in [0.2, 0.25) is 5.88 Å². The Labute approximate surface area is 57.1 Å². The highest BCUT2D eigenvalue weighted by Gasteiger charge is 1.99. The third kappa shape index (κ3) is 1.24. The van der Waals surface area contributed by atoms with Crippen molar-refractivity contribution in [2.75, 3.05) is 12.6 Å². The maximum absolute atomic E-state index is 8.28. The van der Waals surface area contributed by atoms with Crippen LogP contribution >= 0.6 is 0 Å². The Morgan fingerprint density at radius 2 is 2.70 bits per heavy atom. The fraction of sp³-hybridized carbons (Fsp3) is 0.200. The Bertz CT molecular complexity index is 250. The van der Waals surface area contributed by atoms with Crippen molar-refractivity contribution >= 4 is 5.88 Å². The molecule has 0 aliphatic rings. The fourth-order valence-electron chi connectivity index (χ4n) is 0.477. The van der Waals surface area contributed by atoms with Gasteiger partial charge in [-0.05, 0) is 0 Å². The minimum Gasteiger partial charge on any atom is -0.335 e. The molecule has 5 heteroatoms. The number of nitrogens with zero attached hydrogens (tertiary/aromatic N) is 2. The van der Waals surface area contributed by atoms with Crippen LogP contribution in [-0.4, -0.2) is 12.3 Å². The summed E-state index contributed by atoms with van der Waals surface area (Å²) in [6, 6.07) is 3.24. The highest BCUT2D eigenvalue weighted by molar-refractivity contribution is 5.33. The molecule has 10 heavy (non-hydrogen) atoms. The number of nitriles is 1. The Kier molecular flexibility index (Phi) is 1.87. The summed E-state index contributed by atoms with van der Waals surface area (Å²) in [6.07, 6.45) is 0. The summed E-state index contributed by atoms with van der Waals surface area (Å²) in [5.41, 5.74) is 2.60. The van der Waals surface area contributed by atoms with Gasteiger partial charge in [0.15, 0.2) is 5.69 Å². The predicted molar refractivity (Wildman–Crippen MR) is 31.8 cm³/mol. The SMILES string of the molecule is CONc1cc(C#N)no1. The first kappa shape index (κ1) is 6.58. The van der Waals surface area contributed by atoms with Gasteiger partial charge in [-0.15, -0.1) is 0 Å². The molecule has 1 aromatic heterocycles. The van der Waals surface area contributed by atoms with E-state index >= 15 is 0 Å². The maximum Gasteiger partial charge on any atom is 0.249 e. The highest BCUT2D eigenvalue weighted by atomic mass is 16.7. The first-order valence-electron chi connectivity index (χ1n) is 2.52. The molecule has 52 valence electrons. The van der Waals surface area contributed by atoms with Crippen LogP contribution in [0.25, 0.3) is 0 Å². The second-order valence-electron chi connectivity index (χ2n) is 1.49. The number of rotatable bonds is 2. The highest BCUT2D eigenvalue weighted by Crippen LogP contribution is 2.07. The van der Waals surface area contributed by atoms with Crippen molar-refractivity contribution in [2.45, 2.75) is 0 Å². The number of nitrogens with one attached hydrogen (secondary N) is 1. The smallest absolute Gasteiger partial charge is 0.249 e. The van der Waals surface area contributed by atoms with Gasteiger partial charge in [0.25, 0.3) is 0 Å². The summed E-state index contributed by atoms with van der Waals surface area (Å²) in [7, 11) is 1.44. The van der Waals surface area contributed by atoms with E-state index in [-0.39, 0.29) is 5.69 Å². The lowest BCUT2D eigenvalue weighted by Crippen LogP contribution is -1.92. The number of hydrogen-bond acceptors (Lipinski definition) is 5. The van der Waals surface area contributed by atoms with Crippen molar-refractivity contribution in [3.8, 4) is 6.07 Å². The zero-order valence-corrected chi connectivity index (χ0v) is 5.29. The molecule has 5 nitrogen and oxygen atoms in total. The van der Waals surface area contributed by atoms with Crippen molar-refractivity contribution in [3.63, 3.8) is 0 Å². The van der Waals surface area contributed by atoms with Crippen molar-refractivity contribution < 1.29 is 9.36 Å². The van der Waals surface area contributed by atoms with E-state index in [1.54, 1.807) is 6.07 Å². The molecule has 0 aliphatic carbocycles. The van der Waals surface area contributed by atoms with Crippen LogP contribution in [0.1, 0.15) is 5.69 Å². The average molecular weight is 139 g/mol. The molecule has 1 heterocycles. The van der Waals surface area contributed by atoms with Gasteiger partial charge in [-0.3, -0.25) is 4.84 Å². The molecule has 0 spiro atoms. The monoisotopic (exact) mass is 139 g/mol. The zero-order chi connectivity index (χ0) is 7.40. The maximum atomic E-state index is 8.28. The lowest BCUT2D eigenvalue weighted by molar-refractivity contribution is 0.250. The number of aromatic nitrogens is 1. The van der Waals surface area contributed by atoms with Crippen molar-refractivity contribution in [1.29, 1.82) is 5.26 Å². The van der Waals surface area contributed by atoms with Crippen LogP contribution in [0, 0.1) is 11.3 Å². The van der Waals surface area contributed by atoms with E-state index in [1.165, 1.54) is 13.2 Å². The molecule has 0 fully saturated rings. The lowest BCUT2D eigenvalue weighted by atomic mass is 10.5. The van der Waals surface area contributed by atoms with Crippen LogP contribution in [0.2, 0.25) is 0 Å². The zero-order valence-electron chi connectivity index (χ0n) is 5.29. The first-order chi connectivity index (χ1) is 4.86. The van der Waals surface area contributed by atoms with E-state index in [4.69, 9.17) is 5.26 Å². The molecule has 0 radical (unpaired) electrons. The quantitative estimate of drug-likeness (QED) is 0.604. The van der Waals surface area contributed by atoms with Crippen LogP contribution in [0.5, 0.6) is 0 Å². The molecule has 0 atom stereocenters. The van der Waals surface area contributed by atoms with Gasteiger partial charge < -0.3 is 4.52 Å². The van der Waals surface area contributed by atoms with Crippen molar-refractivity contribution in [3.05, 3.63) is 11.8 Å². The number of anilines is 1. The van der Waals surface area contributed by atoms with E-state index in [0.29, 0.717) is 5.88 Å². The molecule has 0 bridgehead atoms. The third-order valence-electron chi connectivity index (χ3n) is 0.827. The van der Waals surface area contributed by atoms with Crippen molar-refractivity contribution in [1.82, 2.24) is 5.16 Å². The van der Waals surface area contributed by atoms with Gasteiger partial charge in [-0.1, -0.05) is 5.16 Å². The average Bonchev–Trinajstić information content (AvgIpc) is 2.37. The summed E-state index contributed by atoms with van der Waals surface area (Å²) >= 11 is 0. The standard InChI is InChI=1S/C5H5N3O2/c1-9-8-5-2-4(3-6)7-10-5/h2,8H,1H3. The molecule has 0 aromatic carbocycles. The Hall–Kier alpha value is -1.54. The minimum absolute atomic E-state index is 0.222. The summed E-state index contributed by atoms with van der Waals surface area (Å²) in [4.78, 5) is 4.49.